The minimum absolute atomic E-state index is 0.172. The molecule has 3 rings (SSSR count). The topological polar surface area (TPSA) is 0 Å². The third kappa shape index (κ3) is 5.59. The summed E-state index contributed by atoms with van der Waals surface area (Å²) in [6.07, 6.45) is 13.1. The van der Waals surface area contributed by atoms with Crippen molar-refractivity contribution in [3.05, 3.63) is 59.2 Å². The zero-order chi connectivity index (χ0) is 21.3. The second-order valence-electron chi connectivity index (χ2n) is 8.70. The molecule has 0 fully saturated rings. The highest BCUT2D eigenvalue weighted by Gasteiger charge is 2.12. The number of hydrogen-bond acceptors (Lipinski definition) is 0. The molecule has 0 nitrogen and oxygen atoms in total. The highest BCUT2D eigenvalue weighted by molar-refractivity contribution is 5.99. The van der Waals surface area contributed by atoms with Gasteiger partial charge in [0.2, 0.25) is 0 Å². The van der Waals surface area contributed by atoms with Crippen LogP contribution < -0.4 is 0 Å². The van der Waals surface area contributed by atoms with Gasteiger partial charge in [-0.1, -0.05) is 89.5 Å². The van der Waals surface area contributed by atoms with E-state index in [1.807, 2.05) is 30.3 Å². The maximum absolute atomic E-state index is 15.2. The van der Waals surface area contributed by atoms with Crippen molar-refractivity contribution in [1.82, 2.24) is 0 Å². The van der Waals surface area contributed by atoms with Crippen LogP contribution in [-0.4, -0.2) is 0 Å². The number of hydrogen-bond donors (Lipinski definition) is 0. The predicted octanol–water partition coefficient (Wildman–Crippen LogP) is 9.30. The van der Waals surface area contributed by atoms with Gasteiger partial charge in [-0.3, -0.25) is 0 Å². The van der Waals surface area contributed by atoms with Gasteiger partial charge in [-0.05, 0) is 59.7 Å². The summed E-state index contributed by atoms with van der Waals surface area (Å²) < 4.78 is 30.4. The van der Waals surface area contributed by atoms with Crippen molar-refractivity contribution in [2.75, 3.05) is 0 Å². The Morgan fingerprint density at radius 3 is 1.40 bits per heavy atom. The minimum Gasteiger partial charge on any atom is -0.206 e. The van der Waals surface area contributed by atoms with Crippen molar-refractivity contribution < 1.29 is 8.78 Å². The molecule has 0 aromatic heterocycles. The van der Waals surface area contributed by atoms with Crippen molar-refractivity contribution in [2.24, 2.45) is 0 Å². The van der Waals surface area contributed by atoms with Gasteiger partial charge in [-0.2, -0.15) is 0 Å². The van der Waals surface area contributed by atoms with E-state index in [1.165, 1.54) is 38.5 Å². The van der Waals surface area contributed by atoms with Crippen LogP contribution in [-0.2, 0) is 12.8 Å². The number of halogens is 2. The van der Waals surface area contributed by atoms with E-state index in [1.54, 1.807) is 6.07 Å². The number of benzene rings is 3. The molecule has 3 aromatic carbocycles. The Morgan fingerprint density at radius 2 is 0.967 bits per heavy atom. The van der Waals surface area contributed by atoms with Crippen molar-refractivity contribution in [3.8, 4) is 0 Å². The zero-order valence-electron chi connectivity index (χ0n) is 18.7. The molecule has 0 atom stereocenters. The number of unbranched alkanes of at least 4 members (excludes halogenated alkanes) is 8. The number of rotatable bonds is 12. The standard InChI is InChI=1S/C28H36F2/c1-3-5-7-9-11-13-21-15-17-23-19-24-18-16-22(14-12-10-8-6-4-2)28(30)26(24)20-25(23)27(21)29/h15-20H,3-14H2,1-2H3. The highest BCUT2D eigenvalue weighted by atomic mass is 19.1. The van der Waals surface area contributed by atoms with E-state index < -0.39 is 0 Å². The van der Waals surface area contributed by atoms with Crippen LogP contribution in [0.3, 0.4) is 0 Å². The number of fused-ring (bicyclic) bond motifs is 2. The molecule has 0 aliphatic rings. The molecular weight excluding hydrogens is 374 g/mol. The molecule has 0 saturated heterocycles. The molecule has 162 valence electrons. The molecule has 30 heavy (non-hydrogen) atoms. The van der Waals surface area contributed by atoms with Crippen LogP contribution in [0.5, 0.6) is 0 Å². The first-order valence-corrected chi connectivity index (χ1v) is 12.0. The molecule has 2 heteroatoms. The lowest BCUT2D eigenvalue weighted by Gasteiger charge is -2.11. The first-order valence-electron chi connectivity index (χ1n) is 12.0. The van der Waals surface area contributed by atoms with Crippen LogP contribution >= 0.6 is 0 Å². The van der Waals surface area contributed by atoms with Crippen molar-refractivity contribution in [3.63, 3.8) is 0 Å². The van der Waals surface area contributed by atoms with E-state index in [4.69, 9.17) is 0 Å². The zero-order valence-corrected chi connectivity index (χ0v) is 18.7. The van der Waals surface area contributed by atoms with Gasteiger partial charge in [0.05, 0.1) is 0 Å². The van der Waals surface area contributed by atoms with Crippen molar-refractivity contribution in [2.45, 2.75) is 90.9 Å². The van der Waals surface area contributed by atoms with E-state index in [0.29, 0.717) is 10.8 Å². The first kappa shape index (κ1) is 22.7. The molecule has 0 aliphatic heterocycles. The van der Waals surface area contributed by atoms with Crippen LogP contribution in [0.4, 0.5) is 8.78 Å². The summed E-state index contributed by atoms with van der Waals surface area (Å²) in [5, 5.41) is 2.79. The molecule has 3 aromatic rings. The molecule has 0 radical (unpaired) electrons. The monoisotopic (exact) mass is 410 g/mol. The van der Waals surface area contributed by atoms with E-state index in [2.05, 4.69) is 13.8 Å². The Bertz CT molecular complexity index is 883. The van der Waals surface area contributed by atoms with Crippen LogP contribution in [0, 0.1) is 11.6 Å². The SMILES string of the molecule is CCCCCCCc1ccc2cc3ccc(CCCCCCC)c(F)c3cc2c1F. The second kappa shape index (κ2) is 11.4. The van der Waals surface area contributed by atoms with Crippen LogP contribution in [0.1, 0.15) is 89.2 Å². The molecule has 0 amide bonds. The average molecular weight is 411 g/mol. The summed E-state index contributed by atoms with van der Waals surface area (Å²) in [7, 11) is 0. The summed E-state index contributed by atoms with van der Waals surface area (Å²) in [4.78, 5) is 0. The lowest BCUT2D eigenvalue weighted by Crippen LogP contribution is -1.95. The molecule has 0 unspecified atom stereocenters. The van der Waals surface area contributed by atoms with Gasteiger partial charge in [-0.15, -0.1) is 0 Å². The van der Waals surface area contributed by atoms with Gasteiger partial charge in [0.15, 0.2) is 0 Å². The summed E-state index contributed by atoms with van der Waals surface area (Å²) >= 11 is 0. The highest BCUT2D eigenvalue weighted by Crippen LogP contribution is 2.30. The van der Waals surface area contributed by atoms with E-state index >= 15 is 8.78 Å². The van der Waals surface area contributed by atoms with Gasteiger partial charge in [-0.25, -0.2) is 8.78 Å². The van der Waals surface area contributed by atoms with Gasteiger partial charge >= 0.3 is 0 Å². The average Bonchev–Trinajstić information content (AvgIpc) is 2.75. The summed E-state index contributed by atoms with van der Waals surface area (Å²) in [5.74, 6) is -0.344. The Balaban J connectivity index is 1.81. The Hall–Kier alpha value is -1.96. The molecule has 0 aliphatic carbocycles. The van der Waals surface area contributed by atoms with Gasteiger partial charge in [0.25, 0.3) is 0 Å². The van der Waals surface area contributed by atoms with Crippen LogP contribution in [0.15, 0.2) is 36.4 Å². The van der Waals surface area contributed by atoms with Crippen molar-refractivity contribution in [1.29, 1.82) is 0 Å². The molecule has 0 heterocycles. The van der Waals surface area contributed by atoms with Gasteiger partial charge in [0.1, 0.15) is 11.6 Å². The van der Waals surface area contributed by atoms with E-state index in [-0.39, 0.29) is 11.6 Å². The fourth-order valence-electron chi connectivity index (χ4n) is 4.39. The summed E-state index contributed by atoms with van der Waals surface area (Å²) in [6, 6.07) is 11.4. The summed E-state index contributed by atoms with van der Waals surface area (Å²) in [6.45, 7) is 4.40. The third-order valence-electron chi connectivity index (χ3n) is 6.29. The van der Waals surface area contributed by atoms with Gasteiger partial charge < -0.3 is 0 Å². The Kier molecular flexibility index (Phi) is 8.66. The molecule has 0 spiro atoms. The van der Waals surface area contributed by atoms with Crippen molar-refractivity contribution >= 4 is 21.5 Å². The smallest absolute Gasteiger partial charge is 0.134 e. The van der Waals surface area contributed by atoms with Crippen LogP contribution in [0.25, 0.3) is 21.5 Å². The Labute approximate surface area is 180 Å². The quantitative estimate of drug-likeness (QED) is 0.206. The molecule has 0 N–H and O–H groups in total. The Morgan fingerprint density at radius 1 is 0.533 bits per heavy atom. The lowest BCUT2D eigenvalue weighted by molar-refractivity contribution is 0.594. The van der Waals surface area contributed by atoms with E-state index in [9.17, 15) is 0 Å². The van der Waals surface area contributed by atoms with E-state index in [0.717, 1.165) is 60.4 Å². The normalized spacial score (nSPS) is 11.6. The maximum Gasteiger partial charge on any atom is 0.134 e. The number of aryl methyl sites for hydroxylation is 2. The first-order chi connectivity index (χ1) is 14.7. The molecule has 0 saturated carbocycles. The predicted molar refractivity (Wildman–Crippen MR) is 126 cm³/mol. The molecule has 0 bridgehead atoms. The minimum atomic E-state index is -0.172. The largest absolute Gasteiger partial charge is 0.206 e. The van der Waals surface area contributed by atoms with Gasteiger partial charge in [0, 0.05) is 10.8 Å². The fourth-order valence-corrected chi connectivity index (χ4v) is 4.39. The second-order valence-corrected chi connectivity index (χ2v) is 8.70. The van der Waals surface area contributed by atoms with Crippen LogP contribution in [0.2, 0.25) is 0 Å². The third-order valence-corrected chi connectivity index (χ3v) is 6.29. The lowest BCUT2D eigenvalue weighted by atomic mass is 9.96. The fraction of sp³-hybridized carbons (Fsp3) is 0.500. The maximum atomic E-state index is 15.2. The molecular formula is C28H36F2. The summed E-state index contributed by atoms with van der Waals surface area (Å²) in [5.41, 5.74) is 1.51.